The Kier molecular flexibility index (Phi) is 7.54. The first-order valence-corrected chi connectivity index (χ1v) is 8.97. The molecule has 0 aliphatic heterocycles. The van der Waals surface area contributed by atoms with Gasteiger partial charge in [0.2, 0.25) is 5.91 Å². The van der Waals surface area contributed by atoms with E-state index in [9.17, 15) is 9.59 Å². The number of hydrogen-bond acceptors (Lipinski definition) is 4. The van der Waals surface area contributed by atoms with Crippen molar-refractivity contribution in [1.82, 2.24) is 0 Å². The quantitative estimate of drug-likeness (QED) is 0.488. The summed E-state index contributed by atoms with van der Waals surface area (Å²) in [4.78, 5) is 24.1. The molecule has 1 amide bonds. The van der Waals surface area contributed by atoms with Crippen molar-refractivity contribution in [1.29, 1.82) is 0 Å². The highest BCUT2D eigenvalue weighted by molar-refractivity contribution is 6.42. The summed E-state index contributed by atoms with van der Waals surface area (Å²) in [6, 6.07) is 7.84. The van der Waals surface area contributed by atoms with Gasteiger partial charge in [-0.05, 0) is 42.8 Å². The standard InChI is InChI=1S/C19H16Cl3NO4/c1-3-27-19(25)12-9-17(26-2)16(10-14(12)21)23-18(24)7-5-11-4-6-13(20)15(22)8-11/h4-10H,3H2,1-2H3,(H,23,24). The van der Waals surface area contributed by atoms with E-state index in [1.807, 2.05) is 0 Å². The molecule has 142 valence electrons. The van der Waals surface area contributed by atoms with E-state index in [4.69, 9.17) is 44.3 Å². The lowest BCUT2D eigenvalue weighted by Gasteiger charge is -2.12. The fourth-order valence-electron chi connectivity index (χ4n) is 2.15. The van der Waals surface area contributed by atoms with Crippen LogP contribution in [0.1, 0.15) is 22.8 Å². The zero-order valence-electron chi connectivity index (χ0n) is 14.5. The largest absolute Gasteiger partial charge is 0.495 e. The number of rotatable bonds is 6. The van der Waals surface area contributed by atoms with E-state index in [0.717, 1.165) is 0 Å². The molecule has 0 aromatic heterocycles. The lowest BCUT2D eigenvalue weighted by Crippen LogP contribution is -2.11. The van der Waals surface area contributed by atoms with Crippen molar-refractivity contribution in [2.24, 2.45) is 0 Å². The third-order valence-electron chi connectivity index (χ3n) is 3.41. The molecule has 0 atom stereocenters. The predicted molar refractivity (Wildman–Crippen MR) is 108 cm³/mol. The Balaban J connectivity index is 2.19. The molecular formula is C19H16Cl3NO4. The molecule has 27 heavy (non-hydrogen) atoms. The molecule has 2 rings (SSSR count). The molecule has 0 saturated carbocycles. The molecule has 0 fully saturated rings. The van der Waals surface area contributed by atoms with E-state index >= 15 is 0 Å². The van der Waals surface area contributed by atoms with Crippen LogP contribution in [0.3, 0.4) is 0 Å². The molecule has 2 aromatic rings. The summed E-state index contributed by atoms with van der Waals surface area (Å²) in [5.74, 6) is -0.712. The summed E-state index contributed by atoms with van der Waals surface area (Å²) in [7, 11) is 1.42. The van der Waals surface area contributed by atoms with Gasteiger partial charge in [0.05, 0.1) is 40.0 Å². The molecule has 2 aromatic carbocycles. The number of halogens is 3. The summed E-state index contributed by atoms with van der Waals surface area (Å²) in [6.45, 7) is 1.91. The second kappa shape index (κ2) is 9.65. The summed E-state index contributed by atoms with van der Waals surface area (Å²) in [5, 5.41) is 3.61. The van der Waals surface area contributed by atoms with Gasteiger partial charge >= 0.3 is 5.97 Å². The third-order valence-corrected chi connectivity index (χ3v) is 4.46. The zero-order valence-corrected chi connectivity index (χ0v) is 16.8. The van der Waals surface area contributed by atoms with Crippen LogP contribution in [0, 0.1) is 0 Å². The molecular weight excluding hydrogens is 413 g/mol. The van der Waals surface area contributed by atoms with Gasteiger partial charge in [-0.1, -0.05) is 40.9 Å². The molecule has 0 aliphatic rings. The minimum Gasteiger partial charge on any atom is -0.495 e. The van der Waals surface area contributed by atoms with Crippen LogP contribution in [0.15, 0.2) is 36.4 Å². The molecule has 0 radical (unpaired) electrons. The van der Waals surface area contributed by atoms with Crippen LogP contribution >= 0.6 is 34.8 Å². The monoisotopic (exact) mass is 427 g/mol. The first-order valence-electron chi connectivity index (χ1n) is 7.84. The number of esters is 1. The van der Waals surface area contributed by atoms with Crippen LogP contribution < -0.4 is 10.1 Å². The minimum absolute atomic E-state index is 0.137. The average Bonchev–Trinajstić information content (AvgIpc) is 2.63. The summed E-state index contributed by atoms with van der Waals surface area (Å²) in [6.07, 6.45) is 2.91. The number of methoxy groups -OCH3 is 1. The fourth-order valence-corrected chi connectivity index (χ4v) is 2.69. The highest BCUT2D eigenvalue weighted by atomic mass is 35.5. The number of anilines is 1. The van der Waals surface area contributed by atoms with Crippen LogP contribution in [0.5, 0.6) is 5.75 Å². The van der Waals surface area contributed by atoms with Gasteiger partial charge in [0.25, 0.3) is 0 Å². The molecule has 5 nitrogen and oxygen atoms in total. The van der Waals surface area contributed by atoms with Crippen molar-refractivity contribution in [3.63, 3.8) is 0 Å². The molecule has 0 spiro atoms. The van der Waals surface area contributed by atoms with E-state index in [1.165, 1.54) is 25.3 Å². The lowest BCUT2D eigenvalue weighted by molar-refractivity contribution is -0.111. The smallest absolute Gasteiger partial charge is 0.339 e. The SMILES string of the molecule is CCOC(=O)c1cc(OC)c(NC(=O)C=Cc2ccc(Cl)c(Cl)c2)cc1Cl. The predicted octanol–water partition coefficient (Wildman–Crippen LogP) is 5.48. The Morgan fingerprint density at radius 2 is 1.81 bits per heavy atom. The van der Waals surface area contributed by atoms with E-state index in [-0.39, 0.29) is 22.9 Å². The van der Waals surface area contributed by atoms with Crippen molar-refractivity contribution in [2.75, 3.05) is 19.0 Å². The molecule has 0 saturated heterocycles. The average molecular weight is 429 g/mol. The molecule has 0 heterocycles. The van der Waals surface area contributed by atoms with Gasteiger partial charge in [-0.3, -0.25) is 4.79 Å². The summed E-state index contributed by atoms with van der Waals surface area (Å²) < 4.78 is 10.2. The molecule has 0 bridgehead atoms. The lowest BCUT2D eigenvalue weighted by atomic mass is 10.1. The minimum atomic E-state index is -0.571. The molecule has 0 aliphatic carbocycles. The Bertz CT molecular complexity index is 897. The second-order valence-corrected chi connectivity index (χ2v) is 6.47. The first-order chi connectivity index (χ1) is 12.8. The maximum atomic E-state index is 12.2. The molecule has 8 heteroatoms. The normalized spacial score (nSPS) is 10.7. The third kappa shape index (κ3) is 5.63. The number of amides is 1. The maximum absolute atomic E-state index is 12.2. The van der Waals surface area contributed by atoms with Gasteiger partial charge in [-0.25, -0.2) is 4.79 Å². The van der Waals surface area contributed by atoms with Gasteiger partial charge in [-0.15, -0.1) is 0 Å². The number of carbonyl (C=O) groups excluding carboxylic acids is 2. The van der Waals surface area contributed by atoms with E-state index in [2.05, 4.69) is 5.32 Å². The Labute approximate surface area is 171 Å². The van der Waals surface area contributed by atoms with Gasteiger partial charge in [0.1, 0.15) is 5.75 Å². The number of ether oxygens (including phenoxy) is 2. The van der Waals surface area contributed by atoms with E-state index in [0.29, 0.717) is 21.3 Å². The first kappa shape index (κ1) is 21.1. The van der Waals surface area contributed by atoms with Crippen LogP contribution in [-0.2, 0) is 9.53 Å². The van der Waals surface area contributed by atoms with Gasteiger partial charge < -0.3 is 14.8 Å². The number of hydrogen-bond donors (Lipinski definition) is 1. The van der Waals surface area contributed by atoms with Gasteiger partial charge in [0, 0.05) is 6.08 Å². The molecule has 0 unspecified atom stereocenters. The number of nitrogens with one attached hydrogen (secondary N) is 1. The highest BCUT2D eigenvalue weighted by Crippen LogP contribution is 2.32. The molecule has 1 N–H and O–H groups in total. The van der Waals surface area contributed by atoms with Gasteiger partial charge in [-0.2, -0.15) is 0 Å². The Hall–Kier alpha value is -2.21. The Morgan fingerprint density at radius 1 is 1.07 bits per heavy atom. The Morgan fingerprint density at radius 3 is 2.44 bits per heavy atom. The van der Waals surface area contributed by atoms with Crippen molar-refractivity contribution in [2.45, 2.75) is 6.92 Å². The van der Waals surface area contributed by atoms with Crippen molar-refractivity contribution in [3.8, 4) is 5.75 Å². The summed E-state index contributed by atoms with van der Waals surface area (Å²) in [5.41, 5.74) is 1.18. The maximum Gasteiger partial charge on any atom is 0.339 e. The van der Waals surface area contributed by atoms with Crippen molar-refractivity contribution in [3.05, 3.63) is 62.6 Å². The highest BCUT2D eigenvalue weighted by Gasteiger charge is 2.17. The number of carbonyl (C=O) groups is 2. The van der Waals surface area contributed by atoms with Gasteiger partial charge in [0.15, 0.2) is 0 Å². The zero-order chi connectivity index (χ0) is 20.0. The van der Waals surface area contributed by atoms with Crippen LogP contribution in [0.25, 0.3) is 6.08 Å². The summed E-state index contributed by atoms with van der Waals surface area (Å²) >= 11 is 17.9. The van der Waals surface area contributed by atoms with Crippen LogP contribution in [0.4, 0.5) is 5.69 Å². The second-order valence-electron chi connectivity index (χ2n) is 5.25. The van der Waals surface area contributed by atoms with E-state index in [1.54, 1.807) is 31.2 Å². The number of benzene rings is 2. The van der Waals surface area contributed by atoms with Crippen LogP contribution in [0.2, 0.25) is 15.1 Å². The van der Waals surface area contributed by atoms with Crippen LogP contribution in [-0.4, -0.2) is 25.6 Å². The van der Waals surface area contributed by atoms with E-state index < -0.39 is 11.9 Å². The van der Waals surface area contributed by atoms with Crippen molar-refractivity contribution < 1.29 is 19.1 Å². The fraction of sp³-hybridized carbons (Fsp3) is 0.158. The topological polar surface area (TPSA) is 64.6 Å². The van der Waals surface area contributed by atoms with Crippen molar-refractivity contribution >= 4 is 58.4 Å².